The maximum absolute atomic E-state index is 12.2. The Morgan fingerprint density at radius 3 is 2.66 bits per heavy atom. The van der Waals surface area contributed by atoms with Gasteiger partial charge in [-0.3, -0.25) is 9.59 Å². The van der Waals surface area contributed by atoms with Crippen molar-refractivity contribution >= 4 is 28.8 Å². The molecule has 3 aromatic rings. The molecule has 1 saturated carbocycles. The number of ether oxygens (including phenoxy) is 1. The van der Waals surface area contributed by atoms with E-state index in [1.165, 1.54) is 11.3 Å². The van der Waals surface area contributed by atoms with Gasteiger partial charge in [0.1, 0.15) is 12.4 Å². The van der Waals surface area contributed by atoms with Gasteiger partial charge in [0.2, 0.25) is 0 Å². The Bertz CT molecular complexity index is 960. The van der Waals surface area contributed by atoms with Crippen molar-refractivity contribution in [2.45, 2.75) is 38.3 Å². The fourth-order valence-electron chi connectivity index (χ4n) is 3.21. The van der Waals surface area contributed by atoms with Crippen molar-refractivity contribution < 1.29 is 18.8 Å². The average Bonchev–Trinajstić information content (AvgIpc) is 3.49. The molecule has 2 heterocycles. The number of nitrogens with zero attached hydrogens (tertiary/aromatic N) is 1. The molecule has 0 spiro atoms. The molecule has 7 nitrogen and oxygen atoms in total. The van der Waals surface area contributed by atoms with Crippen molar-refractivity contribution in [2.24, 2.45) is 0 Å². The molecule has 4 rings (SSSR count). The average molecular weight is 411 g/mol. The second kappa shape index (κ2) is 8.91. The Kier molecular flexibility index (Phi) is 5.90. The number of hydrogen-bond donors (Lipinski definition) is 2. The molecule has 8 heteroatoms. The molecule has 1 fully saturated rings. The number of aromatic nitrogens is 1. The second-order valence-corrected chi connectivity index (χ2v) is 7.83. The van der Waals surface area contributed by atoms with Gasteiger partial charge in [-0.2, -0.15) is 0 Å². The summed E-state index contributed by atoms with van der Waals surface area (Å²) in [7, 11) is 0. The zero-order valence-corrected chi connectivity index (χ0v) is 16.5. The van der Waals surface area contributed by atoms with Crippen LogP contribution in [0, 0.1) is 0 Å². The van der Waals surface area contributed by atoms with E-state index < -0.39 is 0 Å². The van der Waals surface area contributed by atoms with Crippen molar-refractivity contribution in [1.29, 1.82) is 0 Å². The third kappa shape index (κ3) is 5.03. The number of hydrogen-bond acceptors (Lipinski definition) is 6. The van der Waals surface area contributed by atoms with E-state index in [0.717, 1.165) is 25.7 Å². The second-order valence-electron chi connectivity index (χ2n) is 6.88. The molecule has 0 unspecified atom stereocenters. The first-order valence-corrected chi connectivity index (χ1v) is 10.4. The van der Waals surface area contributed by atoms with E-state index in [4.69, 9.17) is 9.26 Å². The van der Waals surface area contributed by atoms with E-state index in [1.54, 1.807) is 36.4 Å². The van der Waals surface area contributed by atoms with Crippen molar-refractivity contribution in [3.05, 3.63) is 64.2 Å². The minimum absolute atomic E-state index is 0.140. The zero-order chi connectivity index (χ0) is 20.1. The number of carbonyl (C=O) groups excluding carboxylic acids is 2. The third-order valence-corrected chi connectivity index (χ3v) is 5.59. The molecule has 150 valence electrons. The van der Waals surface area contributed by atoms with Crippen LogP contribution in [0.5, 0.6) is 5.75 Å². The first kappa shape index (κ1) is 19.2. The maximum atomic E-state index is 12.2. The Labute approximate surface area is 172 Å². The molecular weight excluding hydrogens is 390 g/mol. The van der Waals surface area contributed by atoms with Crippen LogP contribution in [0.15, 0.2) is 52.4 Å². The van der Waals surface area contributed by atoms with Crippen LogP contribution < -0.4 is 15.4 Å². The first-order chi connectivity index (χ1) is 14.2. The lowest BCUT2D eigenvalue weighted by atomic mass is 10.2. The number of benzene rings is 1. The molecule has 2 N–H and O–H groups in total. The molecular formula is C21H21N3O4S. The summed E-state index contributed by atoms with van der Waals surface area (Å²) in [6.07, 6.45) is 4.34. The SMILES string of the molecule is O=C(NC1CCCC1)c1cc(COc2ccc(NC(=O)c3cccs3)cc2)on1. The van der Waals surface area contributed by atoms with Crippen molar-refractivity contribution in [3.63, 3.8) is 0 Å². The number of thiophene rings is 1. The summed E-state index contributed by atoms with van der Waals surface area (Å²) in [5.41, 5.74) is 0.948. The van der Waals surface area contributed by atoms with Gasteiger partial charge in [-0.1, -0.05) is 24.1 Å². The normalized spacial score (nSPS) is 13.9. The number of rotatable bonds is 7. The lowest BCUT2D eigenvalue weighted by molar-refractivity contribution is 0.0927. The first-order valence-electron chi connectivity index (χ1n) is 9.51. The van der Waals surface area contributed by atoms with Gasteiger partial charge in [-0.05, 0) is 48.6 Å². The minimum atomic E-state index is -0.210. The highest BCUT2D eigenvalue weighted by Gasteiger charge is 2.20. The highest BCUT2D eigenvalue weighted by atomic mass is 32.1. The van der Waals surface area contributed by atoms with Crippen LogP contribution in [0.3, 0.4) is 0 Å². The molecule has 0 atom stereocenters. The largest absolute Gasteiger partial charge is 0.486 e. The molecule has 0 aliphatic heterocycles. The summed E-state index contributed by atoms with van der Waals surface area (Å²) in [6, 6.07) is 12.5. The summed E-state index contributed by atoms with van der Waals surface area (Å²) < 4.78 is 10.9. The molecule has 0 bridgehead atoms. The highest BCUT2D eigenvalue weighted by Crippen LogP contribution is 2.20. The number of anilines is 1. The maximum Gasteiger partial charge on any atom is 0.273 e. The highest BCUT2D eigenvalue weighted by molar-refractivity contribution is 7.12. The Hall–Kier alpha value is -3.13. The van der Waals surface area contributed by atoms with Crippen molar-refractivity contribution in [2.75, 3.05) is 5.32 Å². The van der Waals surface area contributed by atoms with Crippen LogP contribution >= 0.6 is 11.3 Å². The summed E-state index contributed by atoms with van der Waals surface area (Å²) in [5.74, 6) is 0.737. The van der Waals surface area contributed by atoms with Gasteiger partial charge in [0.25, 0.3) is 11.8 Å². The van der Waals surface area contributed by atoms with Crippen LogP contribution in [0.25, 0.3) is 0 Å². The number of nitrogens with one attached hydrogen (secondary N) is 2. The van der Waals surface area contributed by atoms with Crippen molar-refractivity contribution in [3.8, 4) is 5.75 Å². The molecule has 2 aromatic heterocycles. The van der Waals surface area contributed by atoms with Crippen LogP contribution in [0.2, 0.25) is 0 Å². The molecule has 1 aromatic carbocycles. The fraction of sp³-hybridized carbons (Fsp3) is 0.286. The molecule has 1 aliphatic rings. The predicted octanol–water partition coefficient (Wildman–Crippen LogP) is 4.24. The fourth-order valence-corrected chi connectivity index (χ4v) is 3.83. The van der Waals surface area contributed by atoms with Gasteiger partial charge < -0.3 is 19.9 Å². The van der Waals surface area contributed by atoms with Gasteiger partial charge in [0, 0.05) is 17.8 Å². The number of amides is 2. The van der Waals surface area contributed by atoms with Crippen LogP contribution in [-0.2, 0) is 6.61 Å². The molecule has 0 saturated heterocycles. The topological polar surface area (TPSA) is 93.5 Å². The predicted molar refractivity (Wildman–Crippen MR) is 109 cm³/mol. The summed E-state index contributed by atoms with van der Waals surface area (Å²) in [4.78, 5) is 24.9. The smallest absolute Gasteiger partial charge is 0.273 e. The van der Waals surface area contributed by atoms with Gasteiger partial charge in [-0.25, -0.2) is 0 Å². The van der Waals surface area contributed by atoms with Crippen LogP contribution in [0.1, 0.15) is 51.6 Å². The lowest BCUT2D eigenvalue weighted by Gasteiger charge is -2.09. The Morgan fingerprint density at radius 2 is 1.93 bits per heavy atom. The monoisotopic (exact) mass is 411 g/mol. The van der Waals surface area contributed by atoms with Gasteiger partial charge in [-0.15, -0.1) is 11.3 Å². The lowest BCUT2D eigenvalue weighted by Crippen LogP contribution is -2.32. The van der Waals surface area contributed by atoms with E-state index in [2.05, 4.69) is 15.8 Å². The van der Waals surface area contributed by atoms with Crippen LogP contribution in [-0.4, -0.2) is 23.0 Å². The van der Waals surface area contributed by atoms with E-state index in [9.17, 15) is 9.59 Å². The standard InChI is InChI=1S/C21H21N3O4S/c25-20(22-14-4-1-2-5-14)18-12-17(28-24-18)13-27-16-9-7-15(8-10-16)23-21(26)19-6-3-11-29-19/h3,6-12,14H,1-2,4-5,13H2,(H,22,25)(H,23,26). The summed E-state index contributed by atoms with van der Waals surface area (Å²) >= 11 is 1.39. The summed E-state index contributed by atoms with van der Waals surface area (Å²) in [5, 5.41) is 11.5. The zero-order valence-electron chi connectivity index (χ0n) is 15.7. The Morgan fingerprint density at radius 1 is 1.14 bits per heavy atom. The van der Waals surface area contributed by atoms with E-state index >= 15 is 0 Å². The number of carbonyl (C=O) groups is 2. The molecule has 2 amide bonds. The molecule has 29 heavy (non-hydrogen) atoms. The van der Waals surface area contributed by atoms with Gasteiger partial charge >= 0.3 is 0 Å². The van der Waals surface area contributed by atoms with E-state index in [-0.39, 0.29) is 30.2 Å². The Balaban J connectivity index is 1.27. The van der Waals surface area contributed by atoms with Crippen molar-refractivity contribution in [1.82, 2.24) is 10.5 Å². The molecule has 1 aliphatic carbocycles. The van der Waals surface area contributed by atoms with E-state index in [1.807, 2.05) is 11.4 Å². The van der Waals surface area contributed by atoms with Crippen LogP contribution in [0.4, 0.5) is 5.69 Å². The van der Waals surface area contributed by atoms with E-state index in [0.29, 0.717) is 22.1 Å². The van der Waals surface area contributed by atoms with Gasteiger partial charge in [0.05, 0.1) is 4.88 Å². The molecule has 0 radical (unpaired) electrons. The minimum Gasteiger partial charge on any atom is -0.486 e. The van der Waals surface area contributed by atoms with Gasteiger partial charge in [0.15, 0.2) is 11.5 Å². The third-order valence-electron chi connectivity index (χ3n) is 4.72. The quantitative estimate of drug-likeness (QED) is 0.607. The summed E-state index contributed by atoms with van der Waals surface area (Å²) in [6.45, 7) is 0.157.